The number of aliphatic hydroxyl groups excluding tert-OH is 3. The molecular formula is C14H17NO5S. The zero-order valence-corrected chi connectivity index (χ0v) is 12.1. The molecule has 0 amide bonds. The van der Waals surface area contributed by atoms with Crippen LogP contribution in [0.25, 0.3) is 0 Å². The molecule has 0 aliphatic carbocycles. The van der Waals surface area contributed by atoms with E-state index in [9.17, 15) is 18.6 Å². The third-order valence-electron chi connectivity index (χ3n) is 3.17. The Morgan fingerprint density at radius 2 is 1.90 bits per heavy atom. The van der Waals surface area contributed by atoms with E-state index in [0.29, 0.717) is 12.0 Å². The van der Waals surface area contributed by atoms with Crippen molar-refractivity contribution in [2.45, 2.75) is 23.5 Å². The molecule has 1 aliphatic rings. The standard InChI is InChI=1S/C14H17NO5S/c16-7-2-1-4-11-5-3-6-12(8-11)21(19,20)15-9-13(17)14(18)10-15/h3,5-6,8,13-14,16-18H,2,7,9-10H2. The van der Waals surface area contributed by atoms with Crippen molar-refractivity contribution in [2.24, 2.45) is 0 Å². The molecule has 1 aliphatic heterocycles. The van der Waals surface area contributed by atoms with Gasteiger partial charge in [0.25, 0.3) is 0 Å². The van der Waals surface area contributed by atoms with Gasteiger partial charge in [0.05, 0.1) is 23.7 Å². The van der Waals surface area contributed by atoms with Crippen LogP contribution >= 0.6 is 0 Å². The molecule has 3 N–H and O–H groups in total. The minimum Gasteiger partial charge on any atom is -0.395 e. The lowest BCUT2D eigenvalue weighted by atomic mass is 10.2. The monoisotopic (exact) mass is 311 g/mol. The van der Waals surface area contributed by atoms with E-state index in [1.165, 1.54) is 12.1 Å². The van der Waals surface area contributed by atoms with Crippen molar-refractivity contribution < 1.29 is 23.7 Å². The number of β-amino-alcohol motifs (C(OH)–C–C–N with tert-alkyl or cyclic N) is 2. The second kappa shape index (κ2) is 6.56. The lowest BCUT2D eigenvalue weighted by molar-refractivity contribution is 0.0572. The zero-order valence-electron chi connectivity index (χ0n) is 11.3. The largest absolute Gasteiger partial charge is 0.395 e. The van der Waals surface area contributed by atoms with Crippen LogP contribution in [0.2, 0.25) is 0 Å². The molecule has 1 saturated heterocycles. The Bertz CT molecular complexity index is 651. The number of benzene rings is 1. The Hall–Kier alpha value is -1.43. The van der Waals surface area contributed by atoms with Crippen LogP contribution in [0.5, 0.6) is 0 Å². The molecule has 1 aromatic rings. The Morgan fingerprint density at radius 3 is 2.52 bits per heavy atom. The fraction of sp³-hybridized carbons (Fsp3) is 0.429. The predicted molar refractivity (Wildman–Crippen MR) is 75.8 cm³/mol. The fourth-order valence-corrected chi connectivity index (χ4v) is 3.56. The van der Waals surface area contributed by atoms with Gasteiger partial charge in [-0.05, 0) is 18.2 Å². The van der Waals surface area contributed by atoms with E-state index in [1.54, 1.807) is 12.1 Å². The average Bonchev–Trinajstić information content (AvgIpc) is 2.80. The molecule has 0 radical (unpaired) electrons. The van der Waals surface area contributed by atoms with Gasteiger partial charge in [0.1, 0.15) is 0 Å². The summed E-state index contributed by atoms with van der Waals surface area (Å²) in [6, 6.07) is 6.15. The van der Waals surface area contributed by atoms with Crippen molar-refractivity contribution >= 4 is 10.0 Å². The van der Waals surface area contributed by atoms with E-state index >= 15 is 0 Å². The van der Waals surface area contributed by atoms with Crippen LogP contribution in [0, 0.1) is 11.8 Å². The maximum absolute atomic E-state index is 12.4. The van der Waals surface area contributed by atoms with Crippen LogP contribution < -0.4 is 0 Å². The zero-order chi connectivity index (χ0) is 15.5. The SMILES string of the molecule is O=S(=O)(c1cccc(C#CCCO)c1)N1CC(O)C(O)C1. The van der Waals surface area contributed by atoms with Crippen molar-refractivity contribution in [3.8, 4) is 11.8 Å². The first kappa shape index (κ1) is 15.9. The highest BCUT2D eigenvalue weighted by molar-refractivity contribution is 7.89. The highest BCUT2D eigenvalue weighted by Crippen LogP contribution is 2.22. The molecule has 0 spiro atoms. The molecule has 1 heterocycles. The van der Waals surface area contributed by atoms with Crippen LogP contribution in [0.4, 0.5) is 0 Å². The van der Waals surface area contributed by atoms with Gasteiger partial charge in [-0.1, -0.05) is 17.9 Å². The van der Waals surface area contributed by atoms with Crippen molar-refractivity contribution in [2.75, 3.05) is 19.7 Å². The number of aliphatic hydroxyl groups is 3. The number of hydrogen-bond acceptors (Lipinski definition) is 5. The van der Waals surface area contributed by atoms with E-state index in [4.69, 9.17) is 5.11 Å². The fourth-order valence-electron chi connectivity index (χ4n) is 2.04. The number of hydrogen-bond donors (Lipinski definition) is 3. The van der Waals surface area contributed by atoms with Gasteiger partial charge in [0, 0.05) is 25.1 Å². The molecule has 2 rings (SSSR count). The summed E-state index contributed by atoms with van der Waals surface area (Å²) in [6.45, 7) is -0.289. The molecule has 0 aromatic heterocycles. The molecular weight excluding hydrogens is 294 g/mol. The summed E-state index contributed by atoms with van der Waals surface area (Å²) >= 11 is 0. The van der Waals surface area contributed by atoms with E-state index in [2.05, 4.69) is 11.8 Å². The van der Waals surface area contributed by atoms with Crippen LogP contribution in [-0.4, -0.2) is 59.9 Å². The Labute approximate surface area is 123 Å². The summed E-state index contributed by atoms with van der Waals surface area (Å²) in [5.41, 5.74) is 0.532. The van der Waals surface area contributed by atoms with Gasteiger partial charge in [-0.3, -0.25) is 0 Å². The first-order chi connectivity index (χ1) is 9.95. The lowest BCUT2D eigenvalue weighted by Gasteiger charge is -2.15. The normalized spacial score (nSPS) is 22.8. The van der Waals surface area contributed by atoms with E-state index in [0.717, 1.165) is 4.31 Å². The highest BCUT2D eigenvalue weighted by atomic mass is 32.2. The van der Waals surface area contributed by atoms with Crippen molar-refractivity contribution in [3.63, 3.8) is 0 Å². The Morgan fingerprint density at radius 1 is 1.24 bits per heavy atom. The van der Waals surface area contributed by atoms with Crippen molar-refractivity contribution in [1.29, 1.82) is 0 Å². The molecule has 21 heavy (non-hydrogen) atoms. The second-order valence-electron chi connectivity index (χ2n) is 4.76. The van der Waals surface area contributed by atoms with Gasteiger partial charge in [-0.15, -0.1) is 0 Å². The van der Waals surface area contributed by atoms with Gasteiger partial charge >= 0.3 is 0 Å². The van der Waals surface area contributed by atoms with Crippen LogP contribution in [0.1, 0.15) is 12.0 Å². The van der Waals surface area contributed by atoms with Gasteiger partial charge in [0.15, 0.2) is 0 Å². The van der Waals surface area contributed by atoms with E-state index in [1.807, 2.05) is 0 Å². The Balaban J connectivity index is 2.25. The number of sulfonamides is 1. The molecule has 1 aromatic carbocycles. The summed E-state index contributed by atoms with van der Waals surface area (Å²) in [4.78, 5) is 0.0691. The smallest absolute Gasteiger partial charge is 0.243 e. The summed E-state index contributed by atoms with van der Waals surface area (Å²) in [6.07, 6.45) is -1.80. The van der Waals surface area contributed by atoms with Crippen LogP contribution in [0.3, 0.4) is 0 Å². The first-order valence-corrected chi connectivity index (χ1v) is 7.95. The molecule has 6 nitrogen and oxygen atoms in total. The van der Waals surface area contributed by atoms with Gasteiger partial charge in [-0.25, -0.2) is 8.42 Å². The average molecular weight is 311 g/mol. The highest BCUT2D eigenvalue weighted by Gasteiger charge is 2.37. The molecule has 1 fully saturated rings. The lowest BCUT2D eigenvalue weighted by Crippen LogP contribution is -2.30. The first-order valence-electron chi connectivity index (χ1n) is 6.51. The summed E-state index contributed by atoms with van der Waals surface area (Å²) < 4.78 is 25.9. The number of nitrogens with zero attached hydrogens (tertiary/aromatic N) is 1. The molecule has 7 heteroatoms. The van der Waals surface area contributed by atoms with Gasteiger partial charge < -0.3 is 15.3 Å². The van der Waals surface area contributed by atoms with E-state index < -0.39 is 22.2 Å². The maximum atomic E-state index is 12.4. The summed E-state index contributed by atoms with van der Waals surface area (Å²) in [5.74, 6) is 5.50. The third-order valence-corrected chi connectivity index (χ3v) is 4.99. The second-order valence-corrected chi connectivity index (χ2v) is 6.70. The molecule has 114 valence electrons. The third kappa shape index (κ3) is 3.61. The van der Waals surface area contributed by atoms with E-state index in [-0.39, 0.29) is 24.6 Å². The summed E-state index contributed by atoms with van der Waals surface area (Å²) in [7, 11) is -3.76. The molecule has 0 saturated carbocycles. The number of rotatable bonds is 3. The minimum atomic E-state index is -3.76. The van der Waals surface area contributed by atoms with Crippen molar-refractivity contribution in [1.82, 2.24) is 4.31 Å². The predicted octanol–water partition coefficient (Wildman–Crippen LogP) is -0.853. The molecule has 0 bridgehead atoms. The van der Waals surface area contributed by atoms with Crippen LogP contribution in [0.15, 0.2) is 29.2 Å². The van der Waals surface area contributed by atoms with Crippen LogP contribution in [-0.2, 0) is 10.0 Å². The molecule has 2 unspecified atom stereocenters. The maximum Gasteiger partial charge on any atom is 0.243 e. The van der Waals surface area contributed by atoms with Gasteiger partial charge in [-0.2, -0.15) is 4.31 Å². The topological polar surface area (TPSA) is 98.1 Å². The summed E-state index contributed by atoms with van der Waals surface area (Å²) in [5, 5.41) is 27.6. The molecule has 2 atom stereocenters. The quantitative estimate of drug-likeness (QED) is 0.632. The Kier molecular flexibility index (Phi) is 4.98. The van der Waals surface area contributed by atoms with Gasteiger partial charge in [0.2, 0.25) is 10.0 Å². The van der Waals surface area contributed by atoms with Crippen molar-refractivity contribution in [3.05, 3.63) is 29.8 Å². The minimum absolute atomic E-state index is 0.0471.